The van der Waals surface area contributed by atoms with Crippen LogP contribution in [0.4, 0.5) is 0 Å². The molecule has 0 heterocycles. The van der Waals surface area contributed by atoms with Crippen molar-refractivity contribution < 1.29 is 8.42 Å². The van der Waals surface area contributed by atoms with E-state index in [9.17, 15) is 8.42 Å². The Balaban J connectivity index is 1.82. The van der Waals surface area contributed by atoms with Gasteiger partial charge in [-0.25, -0.2) is 0 Å². The van der Waals surface area contributed by atoms with Crippen molar-refractivity contribution in [2.24, 2.45) is 0 Å². The van der Waals surface area contributed by atoms with Crippen molar-refractivity contribution in [3.05, 3.63) is 105 Å². The van der Waals surface area contributed by atoms with E-state index in [0.29, 0.717) is 11.8 Å². The molecule has 0 N–H and O–H groups in total. The summed E-state index contributed by atoms with van der Waals surface area (Å²) in [7, 11) is -2.63. The molecule has 2 atom stereocenters. The molecule has 0 fully saturated rings. The average Bonchev–Trinajstić information content (AvgIpc) is 3.05. The molecule has 4 aromatic rings. The van der Waals surface area contributed by atoms with Gasteiger partial charge in [-0.2, -0.15) is 0 Å². The standard InChI is InChI=1S/C44H58O2S2Se2/c1-25(2)33-21-35(27(5)6)43(36(22-33)28(7)8)47(45)39-17-15-31(13)19-41(39)49-50-42-20-32(14)16-18-40(42)48(46)44-37(29(9)10)23-34(26(3)4)24-38(44)30(11)12/h15-30H,1-14H3. The third-order valence-corrected chi connectivity index (χ3v) is 20.3. The SMILES string of the molecule is Cc1ccc(S(=O)c2c(C(C)C)cc(C(C)C)cc2C(C)C)c([Se][Se]c2cc(C)ccc2S(=O)c2c(C(C)C)cc(C(C)C)cc2C(C)C)c1. The summed E-state index contributed by atoms with van der Waals surface area (Å²) in [5.74, 6) is 1.87. The van der Waals surface area contributed by atoms with Crippen LogP contribution in [0.2, 0.25) is 0 Å². The summed E-state index contributed by atoms with van der Waals surface area (Å²) < 4.78 is 32.2. The summed E-state index contributed by atoms with van der Waals surface area (Å²) in [6, 6.07) is 22.2. The number of benzene rings is 4. The molecule has 0 aliphatic rings. The van der Waals surface area contributed by atoms with E-state index in [1.54, 1.807) is 0 Å². The first kappa shape index (κ1) is 41.0. The van der Waals surface area contributed by atoms with Gasteiger partial charge in [0.2, 0.25) is 0 Å². The average molecular weight is 841 g/mol. The van der Waals surface area contributed by atoms with Gasteiger partial charge in [0.1, 0.15) is 0 Å². The number of hydrogen-bond donors (Lipinski definition) is 0. The van der Waals surface area contributed by atoms with Gasteiger partial charge >= 0.3 is 322 Å². The summed E-state index contributed by atoms with van der Waals surface area (Å²) in [5, 5.41) is 0. The summed E-state index contributed by atoms with van der Waals surface area (Å²) in [6.07, 6.45) is 0. The van der Waals surface area contributed by atoms with Gasteiger partial charge in [-0.05, 0) is 0 Å². The van der Waals surface area contributed by atoms with Gasteiger partial charge in [0, 0.05) is 0 Å². The molecule has 0 saturated heterocycles. The third-order valence-electron chi connectivity index (χ3n) is 9.35. The van der Waals surface area contributed by atoms with Crippen molar-refractivity contribution in [3.63, 3.8) is 0 Å². The molecule has 0 amide bonds. The Labute approximate surface area is 320 Å². The van der Waals surface area contributed by atoms with E-state index in [2.05, 4.69) is 158 Å². The van der Waals surface area contributed by atoms with Gasteiger partial charge in [0.25, 0.3) is 0 Å². The zero-order valence-corrected chi connectivity index (χ0v) is 37.7. The van der Waals surface area contributed by atoms with E-state index in [4.69, 9.17) is 0 Å². The van der Waals surface area contributed by atoms with Gasteiger partial charge in [-0.1, -0.05) is 0 Å². The van der Waals surface area contributed by atoms with Crippen molar-refractivity contribution in [2.45, 2.75) is 152 Å². The zero-order chi connectivity index (χ0) is 37.2. The van der Waals surface area contributed by atoms with E-state index < -0.39 is 21.6 Å². The van der Waals surface area contributed by atoms with Crippen LogP contribution in [-0.2, 0) is 21.6 Å². The van der Waals surface area contributed by atoms with E-state index in [1.807, 2.05) is 0 Å². The maximum atomic E-state index is 14.9. The van der Waals surface area contributed by atoms with Crippen LogP contribution in [0.25, 0.3) is 0 Å². The van der Waals surface area contributed by atoms with Crippen molar-refractivity contribution >= 4 is 56.8 Å². The Morgan fingerprint density at radius 1 is 0.420 bits per heavy atom. The van der Waals surface area contributed by atoms with Crippen LogP contribution >= 0.6 is 0 Å². The fourth-order valence-corrected chi connectivity index (χ4v) is 19.1. The minimum atomic E-state index is -1.32. The third kappa shape index (κ3) is 9.22. The van der Waals surface area contributed by atoms with Crippen LogP contribution in [0.5, 0.6) is 0 Å². The molecule has 2 nitrogen and oxygen atoms in total. The fraction of sp³-hybridized carbons (Fsp3) is 0.455. The molecule has 0 saturated carbocycles. The second-order valence-electron chi connectivity index (χ2n) is 15.6. The molecule has 0 radical (unpaired) electrons. The fourth-order valence-electron chi connectivity index (χ4n) is 6.18. The quantitative estimate of drug-likeness (QED) is 0.126. The zero-order valence-electron chi connectivity index (χ0n) is 32.7. The molecule has 6 heteroatoms. The Bertz CT molecular complexity index is 1690. The van der Waals surface area contributed by atoms with Gasteiger partial charge < -0.3 is 0 Å². The van der Waals surface area contributed by atoms with Crippen molar-refractivity contribution in [1.82, 2.24) is 0 Å². The first-order chi connectivity index (χ1) is 23.4. The molecular formula is C44H58O2S2Se2. The van der Waals surface area contributed by atoms with E-state index in [1.165, 1.54) is 53.4 Å². The van der Waals surface area contributed by atoms with Crippen molar-refractivity contribution in [2.75, 3.05) is 0 Å². The maximum absolute atomic E-state index is 14.9. The van der Waals surface area contributed by atoms with Crippen molar-refractivity contribution in [1.29, 1.82) is 0 Å². The van der Waals surface area contributed by atoms with Crippen LogP contribution in [0, 0.1) is 13.8 Å². The Morgan fingerprint density at radius 3 is 0.940 bits per heavy atom. The molecule has 2 unspecified atom stereocenters. The monoisotopic (exact) mass is 842 g/mol. The van der Waals surface area contributed by atoms with Crippen LogP contribution in [0.3, 0.4) is 0 Å². The van der Waals surface area contributed by atoms with Crippen LogP contribution in [-0.4, -0.2) is 34.7 Å². The molecule has 0 aromatic heterocycles. The molecule has 0 aliphatic heterocycles. The Morgan fingerprint density at radius 2 is 0.700 bits per heavy atom. The first-order valence-electron chi connectivity index (χ1n) is 18.2. The summed E-state index contributed by atoms with van der Waals surface area (Å²) in [4.78, 5) is 3.86. The molecule has 0 bridgehead atoms. The van der Waals surface area contributed by atoms with Crippen LogP contribution in [0.1, 0.15) is 163 Å². The van der Waals surface area contributed by atoms with Gasteiger partial charge in [-0.3, -0.25) is 0 Å². The molecular weight excluding hydrogens is 783 g/mol. The molecule has 270 valence electrons. The number of aryl methyl sites for hydroxylation is 2. The molecule has 4 rings (SSSR count). The van der Waals surface area contributed by atoms with E-state index in [-0.39, 0.29) is 49.9 Å². The van der Waals surface area contributed by atoms with Crippen LogP contribution in [0.15, 0.2) is 80.2 Å². The number of rotatable bonds is 13. The predicted molar refractivity (Wildman–Crippen MR) is 220 cm³/mol. The predicted octanol–water partition coefficient (Wildman–Crippen LogP) is 10.7. The second-order valence-corrected chi connectivity index (χ2v) is 24.5. The van der Waals surface area contributed by atoms with Gasteiger partial charge in [0.15, 0.2) is 0 Å². The molecule has 0 aliphatic carbocycles. The minimum absolute atomic E-state index is 0.0356. The second kappa shape index (κ2) is 17.4. The van der Waals surface area contributed by atoms with E-state index in [0.717, 1.165) is 19.6 Å². The Kier molecular flexibility index (Phi) is 14.2. The van der Waals surface area contributed by atoms with Crippen LogP contribution < -0.4 is 8.92 Å². The van der Waals surface area contributed by atoms with Gasteiger partial charge in [0.05, 0.1) is 0 Å². The first-order valence-corrected chi connectivity index (χ1v) is 26.5. The molecule has 50 heavy (non-hydrogen) atoms. The van der Waals surface area contributed by atoms with E-state index >= 15 is 0 Å². The van der Waals surface area contributed by atoms with Crippen molar-refractivity contribution in [3.8, 4) is 0 Å². The summed E-state index contributed by atoms with van der Waals surface area (Å²) in [5.41, 5.74) is 9.79. The topological polar surface area (TPSA) is 34.1 Å². The number of hydrogen-bond acceptors (Lipinski definition) is 2. The van der Waals surface area contributed by atoms with Gasteiger partial charge in [-0.15, -0.1) is 0 Å². The Hall–Kier alpha value is -1.78. The molecule has 0 spiro atoms. The summed E-state index contributed by atoms with van der Waals surface area (Å²) >= 11 is 0.0712. The normalized spacial score (nSPS) is 13.4. The summed E-state index contributed by atoms with van der Waals surface area (Å²) in [6.45, 7) is 31.0. The molecule has 4 aromatic carbocycles.